The second kappa shape index (κ2) is 19.4. The van der Waals surface area contributed by atoms with Crippen LogP contribution in [0.5, 0.6) is 5.75 Å². The smallest absolute Gasteiger partial charge is 0.345 e. The first-order valence-electron chi connectivity index (χ1n) is 15.6. The molecule has 0 aliphatic rings. The number of rotatable bonds is 19. The van der Waals surface area contributed by atoms with Crippen LogP contribution in [-0.4, -0.2) is 71.1 Å². The number of methoxy groups -OCH3 is 1. The van der Waals surface area contributed by atoms with Gasteiger partial charge in [0.05, 0.1) is 23.7 Å². The highest BCUT2D eigenvalue weighted by molar-refractivity contribution is 7.81. The highest BCUT2D eigenvalue weighted by Crippen LogP contribution is 2.26. The van der Waals surface area contributed by atoms with Gasteiger partial charge >= 0.3 is 11.9 Å². The number of hydrogen-bond acceptors (Lipinski definition) is 8. The van der Waals surface area contributed by atoms with Gasteiger partial charge in [-0.1, -0.05) is 49.7 Å². The number of halogens is 2. The predicted octanol–water partition coefficient (Wildman–Crippen LogP) is 4.94. The molecule has 0 saturated carbocycles. The molecule has 0 bridgehead atoms. The van der Waals surface area contributed by atoms with Crippen LogP contribution in [0.4, 0.5) is 4.39 Å². The van der Waals surface area contributed by atoms with Gasteiger partial charge < -0.3 is 30.3 Å². The van der Waals surface area contributed by atoms with E-state index in [0.717, 1.165) is 5.56 Å². The van der Waals surface area contributed by atoms with Gasteiger partial charge in [0.1, 0.15) is 17.6 Å². The standard InChI is InChI=1S/C35H46ClFN2O8S/c1-21(2)16-29(33(43)44)47-34(45)35(3,4)20-38-32(42)26(18-23-12-15-28(46-5)25(36)17-23)39-31(41)9-7-6-8-30(48)27(40)19-22-10-13-24(37)14-11-22/h7,9-15,17,21,26-27,29-30,40,48H,6,8,16,18-20H2,1-5H3,(H,38,42)(H,39,41)(H,43,44)/b9-7+/t26-,27?,29?,30?/m1/s1. The molecule has 2 rings (SSSR count). The Balaban J connectivity index is 2.06. The number of amides is 2. The maximum atomic E-state index is 13.4. The van der Waals surface area contributed by atoms with Gasteiger partial charge in [-0.3, -0.25) is 14.4 Å². The Morgan fingerprint density at radius 1 is 1.06 bits per heavy atom. The van der Waals surface area contributed by atoms with E-state index >= 15 is 0 Å². The molecule has 4 N–H and O–H groups in total. The Kier molecular flexibility index (Phi) is 16.4. The topological polar surface area (TPSA) is 151 Å². The summed E-state index contributed by atoms with van der Waals surface area (Å²) in [5.41, 5.74) is 0.134. The van der Waals surface area contributed by atoms with Crippen molar-refractivity contribution < 1.29 is 43.3 Å². The second-order valence-electron chi connectivity index (χ2n) is 12.6. The Labute approximate surface area is 291 Å². The minimum atomic E-state index is -1.32. The summed E-state index contributed by atoms with van der Waals surface area (Å²) in [6.45, 7) is 6.49. The number of carbonyl (C=O) groups excluding carboxylic acids is 3. The van der Waals surface area contributed by atoms with E-state index in [0.29, 0.717) is 35.6 Å². The summed E-state index contributed by atoms with van der Waals surface area (Å²) in [6.07, 6.45) is 2.17. The molecule has 0 heterocycles. The minimum Gasteiger partial charge on any atom is -0.495 e. The average Bonchev–Trinajstić information content (AvgIpc) is 3.02. The quantitative estimate of drug-likeness (QED) is 0.0783. The van der Waals surface area contributed by atoms with E-state index in [4.69, 9.17) is 21.1 Å². The average molecular weight is 709 g/mol. The lowest BCUT2D eigenvalue weighted by Crippen LogP contribution is -2.51. The predicted molar refractivity (Wildman–Crippen MR) is 185 cm³/mol. The van der Waals surface area contributed by atoms with Crippen LogP contribution in [-0.2, 0) is 36.8 Å². The van der Waals surface area contributed by atoms with Crippen LogP contribution >= 0.6 is 24.2 Å². The molecular formula is C35H46ClFN2O8S. The molecule has 0 aliphatic heterocycles. The summed E-state index contributed by atoms with van der Waals surface area (Å²) in [6, 6.07) is 9.76. The monoisotopic (exact) mass is 708 g/mol. The van der Waals surface area contributed by atoms with E-state index in [1.807, 2.05) is 13.8 Å². The highest BCUT2D eigenvalue weighted by Gasteiger charge is 2.35. The molecule has 0 saturated heterocycles. The van der Waals surface area contributed by atoms with Crippen LogP contribution < -0.4 is 15.4 Å². The molecule has 0 aliphatic carbocycles. The SMILES string of the molecule is COc1ccc(C[C@@H](NC(=O)/C=C/CCC(S)C(O)Cc2ccc(F)cc2)C(=O)NCC(C)(C)C(=O)OC(CC(C)C)C(=O)O)cc1Cl. The van der Waals surface area contributed by atoms with E-state index in [9.17, 15) is 33.8 Å². The van der Waals surface area contributed by atoms with E-state index in [2.05, 4.69) is 23.3 Å². The second-order valence-corrected chi connectivity index (χ2v) is 13.7. The molecule has 2 aromatic carbocycles. The van der Waals surface area contributed by atoms with Crippen LogP contribution in [0.1, 0.15) is 58.1 Å². The fraction of sp³-hybridized carbons (Fsp3) is 0.486. The van der Waals surface area contributed by atoms with Gasteiger partial charge in [0.25, 0.3) is 0 Å². The number of carbonyl (C=O) groups is 4. The zero-order valence-electron chi connectivity index (χ0n) is 27.9. The van der Waals surface area contributed by atoms with Gasteiger partial charge in [-0.15, -0.1) is 0 Å². The lowest BCUT2D eigenvalue weighted by atomic mass is 9.93. The number of allylic oxidation sites excluding steroid dienone is 1. The molecule has 2 amide bonds. The number of carboxylic acid groups (broad SMARTS) is 1. The molecule has 0 aromatic heterocycles. The van der Waals surface area contributed by atoms with Crippen molar-refractivity contribution in [2.45, 2.75) is 83.3 Å². The number of hydrogen-bond donors (Lipinski definition) is 5. The first kappa shape index (κ1) is 40.6. The number of nitrogens with one attached hydrogen (secondary N) is 2. The van der Waals surface area contributed by atoms with Gasteiger partial charge in [0, 0.05) is 18.2 Å². The third kappa shape index (κ3) is 13.9. The first-order valence-corrected chi connectivity index (χ1v) is 16.5. The van der Waals surface area contributed by atoms with Gasteiger partial charge in [0.2, 0.25) is 11.8 Å². The van der Waals surface area contributed by atoms with E-state index < -0.39 is 52.7 Å². The number of thiol groups is 1. The zero-order valence-corrected chi connectivity index (χ0v) is 29.5. The van der Waals surface area contributed by atoms with Crippen molar-refractivity contribution in [1.29, 1.82) is 0 Å². The molecule has 0 spiro atoms. The molecule has 2 aromatic rings. The number of aliphatic hydroxyl groups is 1. The molecular weight excluding hydrogens is 663 g/mol. The first-order chi connectivity index (χ1) is 22.5. The molecule has 264 valence electrons. The number of carboxylic acids is 1. The maximum absolute atomic E-state index is 13.4. The van der Waals surface area contributed by atoms with Crippen molar-refractivity contribution in [2.75, 3.05) is 13.7 Å². The van der Waals surface area contributed by atoms with Crippen molar-refractivity contribution in [3.63, 3.8) is 0 Å². The number of aliphatic carboxylic acids is 1. The van der Waals surface area contributed by atoms with Crippen LogP contribution in [0.2, 0.25) is 5.02 Å². The number of aliphatic hydroxyl groups excluding tert-OH is 1. The van der Waals surface area contributed by atoms with E-state index in [-0.39, 0.29) is 31.1 Å². The molecule has 0 radical (unpaired) electrons. The lowest BCUT2D eigenvalue weighted by molar-refractivity contribution is -0.171. The van der Waals surface area contributed by atoms with Crippen LogP contribution in [0.15, 0.2) is 54.6 Å². The zero-order chi connectivity index (χ0) is 36.0. The van der Waals surface area contributed by atoms with Gasteiger partial charge in [-0.05, 0) is 86.9 Å². The summed E-state index contributed by atoms with van der Waals surface area (Å²) in [4.78, 5) is 50.7. The molecule has 48 heavy (non-hydrogen) atoms. The van der Waals surface area contributed by atoms with Gasteiger partial charge in [-0.25, -0.2) is 9.18 Å². The fourth-order valence-corrected chi connectivity index (χ4v) is 5.10. The number of benzene rings is 2. The largest absolute Gasteiger partial charge is 0.495 e. The summed E-state index contributed by atoms with van der Waals surface area (Å²) in [7, 11) is 1.47. The van der Waals surface area contributed by atoms with Crippen LogP contribution in [0.25, 0.3) is 0 Å². The van der Waals surface area contributed by atoms with Crippen molar-refractivity contribution >= 4 is 48.0 Å². The van der Waals surface area contributed by atoms with Crippen molar-refractivity contribution in [3.8, 4) is 5.75 Å². The summed E-state index contributed by atoms with van der Waals surface area (Å²) >= 11 is 10.7. The Morgan fingerprint density at radius 2 is 1.71 bits per heavy atom. The molecule has 13 heteroatoms. The molecule has 10 nitrogen and oxygen atoms in total. The van der Waals surface area contributed by atoms with Crippen molar-refractivity contribution in [2.24, 2.45) is 11.3 Å². The third-order valence-corrected chi connectivity index (χ3v) is 8.35. The third-order valence-electron chi connectivity index (χ3n) is 7.46. The summed E-state index contributed by atoms with van der Waals surface area (Å²) in [5.74, 6) is -3.11. The fourth-order valence-electron chi connectivity index (χ4n) is 4.57. The van der Waals surface area contributed by atoms with Gasteiger partial charge in [-0.2, -0.15) is 12.6 Å². The minimum absolute atomic E-state index is 0.0228. The molecule has 3 unspecified atom stereocenters. The number of ether oxygens (including phenoxy) is 2. The Hall–Kier alpha value is -3.61. The molecule has 0 fully saturated rings. The normalized spacial score (nSPS) is 14.2. The Bertz CT molecular complexity index is 1420. The van der Waals surface area contributed by atoms with Crippen LogP contribution in [0, 0.1) is 17.2 Å². The highest BCUT2D eigenvalue weighted by atomic mass is 35.5. The summed E-state index contributed by atoms with van der Waals surface area (Å²) in [5, 5.41) is 25.2. The maximum Gasteiger partial charge on any atom is 0.345 e. The van der Waals surface area contributed by atoms with Crippen LogP contribution in [0.3, 0.4) is 0 Å². The summed E-state index contributed by atoms with van der Waals surface area (Å²) < 4.78 is 23.6. The molecule has 4 atom stereocenters. The van der Waals surface area contributed by atoms with E-state index in [1.54, 1.807) is 36.4 Å². The van der Waals surface area contributed by atoms with Gasteiger partial charge in [0.15, 0.2) is 6.10 Å². The lowest BCUT2D eigenvalue weighted by Gasteiger charge is -2.27. The Morgan fingerprint density at radius 3 is 2.29 bits per heavy atom. The number of esters is 1. The van der Waals surface area contributed by atoms with Crippen molar-refractivity contribution in [3.05, 3.63) is 76.6 Å². The van der Waals surface area contributed by atoms with E-state index in [1.165, 1.54) is 39.2 Å². The van der Waals surface area contributed by atoms with Crippen molar-refractivity contribution in [1.82, 2.24) is 10.6 Å².